The Morgan fingerprint density at radius 1 is 0.680 bits per heavy atom. The van der Waals surface area contributed by atoms with Crippen molar-refractivity contribution in [2.75, 3.05) is 0 Å². The molecule has 1 nitrogen and oxygen atoms in total. The Labute approximate surface area is 168 Å². The Bertz CT molecular complexity index is 721. The van der Waals surface area contributed by atoms with Crippen LogP contribution in [0.5, 0.6) is 0 Å². The van der Waals surface area contributed by atoms with Gasteiger partial charge in [-0.1, -0.05) is 0 Å². The first kappa shape index (κ1) is 19.0. The van der Waals surface area contributed by atoms with Gasteiger partial charge in [0, 0.05) is 0 Å². The summed E-state index contributed by atoms with van der Waals surface area (Å²) in [6.45, 7) is 0. The quantitative estimate of drug-likeness (QED) is 0.471. The van der Waals surface area contributed by atoms with Crippen molar-refractivity contribution in [2.24, 2.45) is 0 Å². The Kier molecular flexibility index (Phi) is 6.98. The van der Waals surface area contributed by atoms with Gasteiger partial charge < -0.3 is 0 Å². The first-order valence-electron chi connectivity index (χ1n) is 8.00. The topological polar surface area (TPSA) is 20.2 Å². The van der Waals surface area contributed by atoms with E-state index < -0.39 is 6.10 Å². The minimum atomic E-state index is -0.417. The van der Waals surface area contributed by atoms with Crippen molar-refractivity contribution in [3.05, 3.63) is 96.6 Å². The molecule has 128 valence electrons. The molecular weight excluding hydrogens is 505 g/mol. The summed E-state index contributed by atoms with van der Waals surface area (Å²) in [6, 6.07) is 31.6. The Balaban J connectivity index is 1.99. The molecule has 4 heteroatoms. The van der Waals surface area contributed by atoms with Crippen molar-refractivity contribution >= 4 is 53.8 Å². The molecule has 0 radical (unpaired) electrons. The fraction of sp³-hybridized carbons (Fsp3) is 0.143. The number of aliphatic hydroxyl groups is 1. The summed E-state index contributed by atoms with van der Waals surface area (Å²) in [5.41, 5.74) is 1.04. The molecule has 0 heterocycles. The SMILES string of the molecule is C[Se]C([Se]c1ccccc1)([Se]c1ccccc1)C(O)c1ccccc1. The molecule has 0 aliphatic heterocycles. The zero-order valence-corrected chi connectivity index (χ0v) is 19.0. The molecule has 0 aliphatic carbocycles. The van der Waals surface area contributed by atoms with Crippen LogP contribution in [0.25, 0.3) is 0 Å². The van der Waals surface area contributed by atoms with E-state index in [0.29, 0.717) is 15.0 Å². The van der Waals surface area contributed by atoms with Crippen molar-refractivity contribution < 1.29 is 5.11 Å². The molecular formula is C21H20OSe3. The maximum absolute atomic E-state index is 11.4. The summed E-state index contributed by atoms with van der Waals surface area (Å²) in [7, 11) is 0. The van der Waals surface area contributed by atoms with Crippen LogP contribution in [-0.4, -0.2) is 50.0 Å². The molecule has 3 aromatic rings. The second kappa shape index (κ2) is 9.21. The van der Waals surface area contributed by atoms with Crippen LogP contribution in [0.1, 0.15) is 11.7 Å². The average Bonchev–Trinajstić information content (AvgIpc) is 2.69. The standard InChI is InChI=1S/C21H20OSe3/c1-23-21(24-18-13-7-3-8-14-18,25-19-15-9-4-10-16-19)20(22)17-11-5-2-6-12-17/h2-16,20,22H,1H3. The summed E-state index contributed by atoms with van der Waals surface area (Å²) < 4.78 is 2.69. The molecule has 3 aromatic carbocycles. The monoisotopic (exact) mass is 528 g/mol. The second-order valence-electron chi connectivity index (χ2n) is 5.45. The molecule has 0 fully saturated rings. The van der Waals surface area contributed by atoms with Gasteiger partial charge in [0.05, 0.1) is 0 Å². The van der Waals surface area contributed by atoms with Gasteiger partial charge in [-0.25, -0.2) is 0 Å². The molecule has 25 heavy (non-hydrogen) atoms. The van der Waals surface area contributed by atoms with E-state index in [1.54, 1.807) is 0 Å². The predicted octanol–water partition coefficient (Wildman–Crippen LogP) is 2.61. The molecule has 0 spiro atoms. The zero-order chi connectivity index (χ0) is 17.5. The molecule has 0 aromatic heterocycles. The van der Waals surface area contributed by atoms with Gasteiger partial charge in [-0.2, -0.15) is 0 Å². The van der Waals surface area contributed by atoms with Crippen LogP contribution in [0.2, 0.25) is 7.93 Å². The molecule has 0 amide bonds. The van der Waals surface area contributed by atoms with E-state index in [0.717, 1.165) is 5.56 Å². The predicted molar refractivity (Wildman–Crippen MR) is 109 cm³/mol. The van der Waals surface area contributed by atoms with Crippen LogP contribution in [-0.2, 0) is 0 Å². The fourth-order valence-corrected chi connectivity index (χ4v) is 13.8. The van der Waals surface area contributed by atoms with Crippen LogP contribution in [0.4, 0.5) is 0 Å². The van der Waals surface area contributed by atoms with E-state index in [1.165, 1.54) is 8.92 Å². The van der Waals surface area contributed by atoms with E-state index in [1.807, 2.05) is 18.2 Å². The fourth-order valence-electron chi connectivity index (χ4n) is 2.47. The number of hydrogen-bond acceptors (Lipinski definition) is 1. The van der Waals surface area contributed by atoms with Crippen LogP contribution < -0.4 is 8.92 Å². The van der Waals surface area contributed by atoms with Gasteiger partial charge in [0.2, 0.25) is 0 Å². The van der Waals surface area contributed by atoms with Gasteiger partial charge in [-0.3, -0.25) is 0 Å². The van der Waals surface area contributed by atoms with E-state index in [4.69, 9.17) is 0 Å². The van der Waals surface area contributed by atoms with Gasteiger partial charge >= 0.3 is 169 Å². The Hall–Kier alpha value is -0.822. The van der Waals surface area contributed by atoms with E-state index in [9.17, 15) is 5.11 Å². The molecule has 0 aliphatic rings. The summed E-state index contributed by atoms with van der Waals surface area (Å²) in [5.74, 6) is 2.29. The van der Waals surface area contributed by atoms with Gasteiger partial charge in [-0.05, 0) is 0 Å². The molecule has 3 rings (SSSR count). The first-order valence-corrected chi connectivity index (χ1v) is 14.0. The van der Waals surface area contributed by atoms with Gasteiger partial charge in [0.1, 0.15) is 0 Å². The van der Waals surface area contributed by atoms with Crippen molar-refractivity contribution in [2.45, 2.75) is 14.0 Å². The second-order valence-corrected chi connectivity index (χ2v) is 17.1. The summed E-state index contributed by atoms with van der Waals surface area (Å²) in [6.07, 6.45) is -0.417. The number of rotatable bonds is 7. The number of hydrogen-bond donors (Lipinski definition) is 1. The van der Waals surface area contributed by atoms with Crippen LogP contribution in [0.15, 0.2) is 91.0 Å². The van der Waals surface area contributed by atoms with Crippen LogP contribution in [0.3, 0.4) is 0 Å². The van der Waals surface area contributed by atoms with Crippen molar-refractivity contribution in [3.8, 4) is 0 Å². The van der Waals surface area contributed by atoms with Crippen LogP contribution in [0, 0.1) is 0 Å². The van der Waals surface area contributed by atoms with Crippen molar-refractivity contribution in [1.29, 1.82) is 0 Å². The number of aliphatic hydroxyl groups excluding tert-OH is 1. The summed E-state index contributed by atoms with van der Waals surface area (Å²) >= 11 is 0.760. The van der Waals surface area contributed by atoms with Crippen molar-refractivity contribution in [3.63, 3.8) is 0 Å². The van der Waals surface area contributed by atoms with E-state index in [-0.39, 0.29) is 32.0 Å². The van der Waals surface area contributed by atoms with Gasteiger partial charge in [0.25, 0.3) is 0 Å². The maximum atomic E-state index is 11.4. The third kappa shape index (κ3) is 4.88. The normalized spacial score (nSPS) is 12.7. The number of benzene rings is 3. The van der Waals surface area contributed by atoms with Crippen molar-refractivity contribution in [1.82, 2.24) is 0 Å². The third-order valence-corrected chi connectivity index (χ3v) is 16.9. The molecule has 0 saturated carbocycles. The average molecular weight is 525 g/mol. The molecule has 1 N–H and O–H groups in total. The first-order chi connectivity index (χ1) is 12.2. The van der Waals surface area contributed by atoms with E-state index >= 15 is 0 Å². The molecule has 0 saturated heterocycles. The minimum absolute atomic E-state index is 0.0446. The van der Waals surface area contributed by atoms with Crippen LogP contribution >= 0.6 is 0 Å². The Morgan fingerprint density at radius 3 is 1.48 bits per heavy atom. The zero-order valence-electron chi connectivity index (χ0n) is 13.9. The summed E-state index contributed by atoms with van der Waals surface area (Å²) in [5, 5.41) is 11.4. The van der Waals surface area contributed by atoms with E-state index in [2.05, 4.69) is 78.6 Å². The van der Waals surface area contributed by atoms with Gasteiger partial charge in [0.15, 0.2) is 0 Å². The molecule has 1 atom stereocenters. The summed E-state index contributed by atoms with van der Waals surface area (Å²) in [4.78, 5) is 0. The third-order valence-electron chi connectivity index (χ3n) is 3.74. The van der Waals surface area contributed by atoms with Gasteiger partial charge in [-0.15, -0.1) is 0 Å². The molecule has 1 unspecified atom stereocenters. The Morgan fingerprint density at radius 2 is 1.08 bits per heavy atom. The molecule has 0 bridgehead atoms.